The lowest BCUT2D eigenvalue weighted by Crippen LogP contribution is -2.44. The molecular weight excluding hydrogens is 376 g/mol. The highest BCUT2D eigenvalue weighted by Crippen LogP contribution is 2.18. The molecule has 2 fully saturated rings. The number of nitrogens with one attached hydrogen (secondary N) is 1. The third-order valence-corrected chi connectivity index (χ3v) is 5.98. The van der Waals surface area contributed by atoms with Gasteiger partial charge in [0, 0.05) is 50.5 Å². The first kappa shape index (κ1) is 20.8. The molecule has 1 atom stereocenters. The predicted octanol–water partition coefficient (Wildman–Crippen LogP) is 3.01. The van der Waals surface area contributed by atoms with Crippen LogP contribution in [-0.2, 0) is 11.3 Å². The van der Waals surface area contributed by atoms with E-state index in [1.807, 2.05) is 6.07 Å². The molecule has 6 nitrogen and oxygen atoms in total. The molecule has 0 unspecified atom stereocenters. The number of carbonyl (C=O) groups is 1. The van der Waals surface area contributed by atoms with Gasteiger partial charge in [-0.25, -0.2) is 4.98 Å². The zero-order valence-electron chi connectivity index (χ0n) is 18.0. The van der Waals surface area contributed by atoms with Gasteiger partial charge in [0.15, 0.2) is 0 Å². The molecule has 4 rings (SSSR count). The van der Waals surface area contributed by atoms with E-state index < -0.39 is 0 Å². The fourth-order valence-corrected chi connectivity index (χ4v) is 4.33. The number of rotatable bonds is 5. The number of anilines is 1. The van der Waals surface area contributed by atoms with Crippen LogP contribution in [-0.4, -0.2) is 60.7 Å². The summed E-state index contributed by atoms with van der Waals surface area (Å²) in [4.78, 5) is 22.0. The Morgan fingerprint density at radius 3 is 2.80 bits per heavy atom. The SMILES string of the molecule is Cc1cccc(CN2CCC(NC(=O)c3ccnc(N4CCO[C@H](C)C4)c3)CC2)c1. The molecule has 6 heteroatoms. The average molecular weight is 409 g/mol. The second-order valence-corrected chi connectivity index (χ2v) is 8.54. The molecule has 2 aliphatic heterocycles. The van der Waals surface area contributed by atoms with Crippen molar-refractivity contribution in [2.24, 2.45) is 0 Å². The molecule has 3 heterocycles. The first-order valence-electron chi connectivity index (χ1n) is 11.0. The second kappa shape index (κ2) is 9.58. The van der Waals surface area contributed by atoms with Crippen molar-refractivity contribution in [1.82, 2.24) is 15.2 Å². The molecule has 0 aliphatic carbocycles. The molecule has 2 aromatic rings. The summed E-state index contributed by atoms with van der Waals surface area (Å²) in [5, 5.41) is 3.23. The van der Waals surface area contributed by atoms with Crippen LogP contribution < -0.4 is 10.2 Å². The second-order valence-electron chi connectivity index (χ2n) is 8.54. The normalized spacial score (nSPS) is 20.9. The number of amides is 1. The van der Waals surface area contributed by atoms with Crippen LogP contribution in [0, 0.1) is 6.92 Å². The third kappa shape index (κ3) is 5.37. The third-order valence-electron chi connectivity index (χ3n) is 5.98. The Morgan fingerprint density at radius 2 is 2.03 bits per heavy atom. The number of pyridine rings is 1. The van der Waals surface area contributed by atoms with Gasteiger partial charge >= 0.3 is 0 Å². The fourth-order valence-electron chi connectivity index (χ4n) is 4.33. The number of hydrogen-bond acceptors (Lipinski definition) is 5. The monoisotopic (exact) mass is 408 g/mol. The number of carbonyl (C=O) groups excluding carboxylic acids is 1. The molecule has 30 heavy (non-hydrogen) atoms. The van der Waals surface area contributed by atoms with Crippen molar-refractivity contribution in [2.45, 2.75) is 45.4 Å². The van der Waals surface area contributed by atoms with Gasteiger partial charge in [-0.3, -0.25) is 9.69 Å². The standard InChI is InChI=1S/C24H32N4O2/c1-18-4-3-5-20(14-18)17-27-10-7-22(8-11-27)26-24(29)21-6-9-25-23(15-21)28-12-13-30-19(2)16-28/h3-6,9,14-15,19,22H,7-8,10-13,16-17H2,1-2H3,(H,26,29)/t19-/m1/s1. The Kier molecular flexibility index (Phi) is 6.65. The largest absolute Gasteiger partial charge is 0.375 e. The quantitative estimate of drug-likeness (QED) is 0.824. The number of piperidine rings is 1. The summed E-state index contributed by atoms with van der Waals surface area (Å²) in [7, 11) is 0. The van der Waals surface area contributed by atoms with E-state index in [1.54, 1.807) is 12.3 Å². The summed E-state index contributed by atoms with van der Waals surface area (Å²) < 4.78 is 5.61. The van der Waals surface area contributed by atoms with Crippen LogP contribution in [0.1, 0.15) is 41.3 Å². The number of ether oxygens (including phenoxy) is 1. The maximum absolute atomic E-state index is 12.8. The van der Waals surface area contributed by atoms with E-state index in [-0.39, 0.29) is 18.1 Å². The van der Waals surface area contributed by atoms with Gasteiger partial charge in [-0.15, -0.1) is 0 Å². The van der Waals surface area contributed by atoms with Gasteiger partial charge < -0.3 is 15.0 Å². The van der Waals surface area contributed by atoms with Crippen LogP contribution in [0.5, 0.6) is 0 Å². The molecule has 0 radical (unpaired) electrons. The highest BCUT2D eigenvalue weighted by Gasteiger charge is 2.23. The van der Waals surface area contributed by atoms with Crippen molar-refractivity contribution in [3.63, 3.8) is 0 Å². The maximum Gasteiger partial charge on any atom is 0.251 e. The molecule has 1 aromatic carbocycles. The van der Waals surface area contributed by atoms with E-state index in [2.05, 4.69) is 58.2 Å². The van der Waals surface area contributed by atoms with Crippen molar-refractivity contribution in [3.8, 4) is 0 Å². The Balaban J connectivity index is 1.29. The van der Waals surface area contributed by atoms with Crippen LogP contribution >= 0.6 is 0 Å². The average Bonchev–Trinajstić information content (AvgIpc) is 2.75. The Labute approximate surface area is 179 Å². The number of aromatic nitrogens is 1. The van der Waals surface area contributed by atoms with Crippen molar-refractivity contribution in [1.29, 1.82) is 0 Å². The summed E-state index contributed by atoms with van der Waals surface area (Å²) in [6, 6.07) is 12.6. The minimum atomic E-state index is -0.00269. The molecule has 2 aliphatic rings. The topological polar surface area (TPSA) is 57.7 Å². The zero-order valence-corrected chi connectivity index (χ0v) is 18.0. The summed E-state index contributed by atoms with van der Waals surface area (Å²) in [6.07, 6.45) is 3.88. The van der Waals surface area contributed by atoms with E-state index in [0.717, 1.165) is 51.4 Å². The molecule has 0 bridgehead atoms. The van der Waals surface area contributed by atoms with Crippen molar-refractivity contribution >= 4 is 11.7 Å². The zero-order chi connectivity index (χ0) is 20.9. The van der Waals surface area contributed by atoms with Crippen LogP contribution in [0.2, 0.25) is 0 Å². The van der Waals surface area contributed by atoms with E-state index in [1.165, 1.54) is 11.1 Å². The van der Waals surface area contributed by atoms with Crippen LogP contribution in [0.4, 0.5) is 5.82 Å². The minimum absolute atomic E-state index is 0.00269. The smallest absolute Gasteiger partial charge is 0.251 e. The van der Waals surface area contributed by atoms with Gasteiger partial charge in [-0.1, -0.05) is 29.8 Å². The maximum atomic E-state index is 12.8. The lowest BCUT2D eigenvalue weighted by atomic mass is 10.0. The molecule has 160 valence electrons. The Hall–Kier alpha value is -2.44. The number of morpholine rings is 1. The number of aryl methyl sites for hydroxylation is 1. The summed E-state index contributed by atoms with van der Waals surface area (Å²) in [5.41, 5.74) is 3.35. The van der Waals surface area contributed by atoms with E-state index in [4.69, 9.17) is 4.74 Å². The van der Waals surface area contributed by atoms with E-state index in [9.17, 15) is 4.79 Å². The van der Waals surface area contributed by atoms with Gasteiger partial charge in [0.1, 0.15) is 5.82 Å². The predicted molar refractivity (Wildman–Crippen MR) is 119 cm³/mol. The van der Waals surface area contributed by atoms with E-state index in [0.29, 0.717) is 12.2 Å². The molecule has 0 saturated carbocycles. The van der Waals surface area contributed by atoms with Crippen LogP contribution in [0.25, 0.3) is 0 Å². The van der Waals surface area contributed by atoms with Crippen molar-refractivity contribution in [3.05, 3.63) is 59.3 Å². The number of nitrogens with zero attached hydrogens (tertiary/aromatic N) is 3. The van der Waals surface area contributed by atoms with Crippen LogP contribution in [0.3, 0.4) is 0 Å². The number of likely N-dealkylation sites (tertiary alicyclic amines) is 1. The minimum Gasteiger partial charge on any atom is -0.375 e. The van der Waals surface area contributed by atoms with Gasteiger partial charge in [0.25, 0.3) is 5.91 Å². The summed E-state index contributed by atoms with van der Waals surface area (Å²) in [6.45, 7) is 9.50. The van der Waals surface area contributed by atoms with Gasteiger partial charge in [0.05, 0.1) is 12.7 Å². The molecule has 2 saturated heterocycles. The number of hydrogen-bond donors (Lipinski definition) is 1. The fraction of sp³-hybridized carbons (Fsp3) is 0.500. The first-order chi connectivity index (χ1) is 14.6. The molecule has 1 N–H and O–H groups in total. The van der Waals surface area contributed by atoms with Crippen LogP contribution in [0.15, 0.2) is 42.6 Å². The first-order valence-corrected chi connectivity index (χ1v) is 11.0. The van der Waals surface area contributed by atoms with Gasteiger partial charge in [-0.2, -0.15) is 0 Å². The van der Waals surface area contributed by atoms with E-state index >= 15 is 0 Å². The van der Waals surface area contributed by atoms with Crippen molar-refractivity contribution in [2.75, 3.05) is 37.7 Å². The molecule has 1 amide bonds. The Morgan fingerprint density at radius 1 is 1.20 bits per heavy atom. The highest BCUT2D eigenvalue weighted by atomic mass is 16.5. The lowest BCUT2D eigenvalue weighted by Gasteiger charge is -2.33. The van der Waals surface area contributed by atoms with Gasteiger partial charge in [-0.05, 0) is 44.4 Å². The van der Waals surface area contributed by atoms with Crippen molar-refractivity contribution < 1.29 is 9.53 Å². The molecule has 0 spiro atoms. The molecule has 1 aromatic heterocycles. The lowest BCUT2D eigenvalue weighted by molar-refractivity contribution is 0.0529. The summed E-state index contributed by atoms with van der Waals surface area (Å²) in [5.74, 6) is 0.850. The van der Waals surface area contributed by atoms with Gasteiger partial charge in [0.2, 0.25) is 0 Å². The Bertz CT molecular complexity index is 864. The molecular formula is C24H32N4O2. The number of benzene rings is 1. The summed E-state index contributed by atoms with van der Waals surface area (Å²) >= 11 is 0. The highest BCUT2D eigenvalue weighted by molar-refractivity contribution is 5.95.